The third-order valence-electron chi connectivity index (χ3n) is 2.98. The lowest BCUT2D eigenvalue weighted by molar-refractivity contribution is 0.463. The van der Waals surface area contributed by atoms with Crippen LogP contribution in [0.3, 0.4) is 0 Å². The molecular weight excluding hydrogens is 254 g/mol. The lowest BCUT2D eigenvalue weighted by atomic mass is 10.2. The van der Waals surface area contributed by atoms with Crippen LogP contribution >= 0.6 is 11.8 Å². The smallest absolute Gasteiger partial charge is 0.117 e. The minimum atomic E-state index is 0.810. The van der Waals surface area contributed by atoms with E-state index in [1.807, 2.05) is 11.8 Å². The zero-order valence-corrected chi connectivity index (χ0v) is 12.6. The van der Waals surface area contributed by atoms with Crippen molar-refractivity contribution in [3.8, 4) is 0 Å². The summed E-state index contributed by atoms with van der Waals surface area (Å²) >= 11 is 1.84. The first-order valence-corrected chi connectivity index (χ1v) is 7.66. The Morgan fingerprint density at radius 1 is 1.11 bits per heavy atom. The second-order valence-electron chi connectivity index (χ2n) is 4.71. The Bertz CT molecular complexity index is 533. The number of rotatable bonds is 6. The third-order valence-corrected chi connectivity index (χ3v) is 4.16. The molecule has 1 N–H and O–H groups in total. The number of hydrogen-bond acceptors (Lipinski definition) is 3. The number of furan rings is 1. The molecule has 3 heteroatoms. The highest BCUT2D eigenvalue weighted by molar-refractivity contribution is 7.98. The fraction of sp³-hybridized carbons (Fsp3) is 0.375. The molecule has 19 heavy (non-hydrogen) atoms. The van der Waals surface area contributed by atoms with E-state index in [4.69, 9.17) is 4.42 Å². The van der Waals surface area contributed by atoms with E-state index in [-0.39, 0.29) is 0 Å². The summed E-state index contributed by atoms with van der Waals surface area (Å²) in [6, 6.07) is 10.7. The summed E-state index contributed by atoms with van der Waals surface area (Å²) in [7, 11) is 0. The van der Waals surface area contributed by atoms with E-state index in [1.165, 1.54) is 16.0 Å². The second-order valence-corrected chi connectivity index (χ2v) is 5.72. The molecule has 0 aliphatic rings. The lowest BCUT2D eigenvalue weighted by Crippen LogP contribution is -2.10. The number of thioether (sulfide) groups is 1. The first-order valence-electron chi connectivity index (χ1n) is 6.67. The van der Waals surface area contributed by atoms with Crippen molar-refractivity contribution < 1.29 is 4.42 Å². The van der Waals surface area contributed by atoms with Gasteiger partial charge in [0.2, 0.25) is 0 Å². The minimum absolute atomic E-state index is 0.810. The number of nitrogens with one attached hydrogen (secondary N) is 1. The van der Waals surface area contributed by atoms with Crippen molar-refractivity contribution in [2.24, 2.45) is 0 Å². The molecule has 0 saturated carbocycles. The van der Waals surface area contributed by atoms with Crippen LogP contribution in [0.4, 0.5) is 0 Å². The molecule has 2 nitrogen and oxygen atoms in total. The van der Waals surface area contributed by atoms with Crippen molar-refractivity contribution in [3.63, 3.8) is 0 Å². The quantitative estimate of drug-likeness (QED) is 0.796. The number of benzene rings is 1. The first kappa shape index (κ1) is 14.2. The van der Waals surface area contributed by atoms with E-state index in [9.17, 15) is 0 Å². The van der Waals surface area contributed by atoms with Gasteiger partial charge in [0.15, 0.2) is 0 Å². The summed E-state index contributed by atoms with van der Waals surface area (Å²) < 4.78 is 5.79. The maximum atomic E-state index is 5.79. The summed E-state index contributed by atoms with van der Waals surface area (Å²) in [4.78, 5) is 1.34. The van der Waals surface area contributed by atoms with E-state index in [0.29, 0.717) is 0 Å². The maximum Gasteiger partial charge on any atom is 0.117 e. The van der Waals surface area contributed by atoms with E-state index in [0.717, 1.165) is 30.4 Å². The summed E-state index contributed by atoms with van der Waals surface area (Å²) in [5.41, 5.74) is 2.63. The van der Waals surface area contributed by atoms with Gasteiger partial charge in [-0.25, -0.2) is 0 Å². The molecule has 0 radical (unpaired) electrons. The molecule has 1 aromatic heterocycles. The summed E-state index contributed by atoms with van der Waals surface area (Å²) in [5, 5.41) is 3.27. The van der Waals surface area contributed by atoms with E-state index in [2.05, 4.69) is 56.4 Å². The molecule has 0 bridgehead atoms. The molecule has 0 fully saturated rings. The van der Waals surface area contributed by atoms with Crippen LogP contribution in [-0.2, 0) is 12.3 Å². The van der Waals surface area contributed by atoms with Gasteiger partial charge in [0.25, 0.3) is 0 Å². The maximum absolute atomic E-state index is 5.79. The van der Waals surface area contributed by atoms with Crippen LogP contribution in [-0.4, -0.2) is 6.54 Å². The van der Waals surface area contributed by atoms with Gasteiger partial charge in [-0.15, -0.1) is 11.8 Å². The molecule has 1 aromatic carbocycles. The van der Waals surface area contributed by atoms with Gasteiger partial charge in [0, 0.05) is 4.90 Å². The Morgan fingerprint density at radius 2 is 1.89 bits per heavy atom. The predicted molar refractivity (Wildman–Crippen MR) is 81.6 cm³/mol. The molecule has 2 rings (SSSR count). The van der Waals surface area contributed by atoms with Crippen LogP contribution in [0.2, 0.25) is 0 Å². The molecule has 0 unspecified atom stereocenters. The molecular formula is C16H21NOS. The number of hydrogen-bond donors (Lipinski definition) is 1. The van der Waals surface area contributed by atoms with E-state index < -0.39 is 0 Å². The monoisotopic (exact) mass is 275 g/mol. The summed E-state index contributed by atoms with van der Waals surface area (Å²) in [5.74, 6) is 2.94. The zero-order valence-electron chi connectivity index (χ0n) is 11.8. The first-order chi connectivity index (χ1) is 9.19. The van der Waals surface area contributed by atoms with Crippen molar-refractivity contribution in [1.82, 2.24) is 5.32 Å². The van der Waals surface area contributed by atoms with Gasteiger partial charge in [-0.3, -0.25) is 0 Å². The van der Waals surface area contributed by atoms with Crippen molar-refractivity contribution in [2.75, 3.05) is 6.54 Å². The van der Waals surface area contributed by atoms with Crippen molar-refractivity contribution in [1.29, 1.82) is 0 Å². The zero-order chi connectivity index (χ0) is 13.7. The highest BCUT2D eigenvalue weighted by atomic mass is 32.2. The Hall–Kier alpha value is -1.19. The van der Waals surface area contributed by atoms with E-state index in [1.54, 1.807) is 0 Å². The highest BCUT2D eigenvalue weighted by Crippen LogP contribution is 2.27. The van der Waals surface area contributed by atoms with Gasteiger partial charge in [-0.2, -0.15) is 0 Å². The minimum Gasteiger partial charge on any atom is -0.464 e. The van der Waals surface area contributed by atoms with E-state index >= 15 is 0 Å². The summed E-state index contributed by atoms with van der Waals surface area (Å²) in [6.07, 6.45) is 0. The molecule has 102 valence electrons. The molecule has 1 heterocycles. The average molecular weight is 275 g/mol. The fourth-order valence-electron chi connectivity index (χ4n) is 1.85. The largest absolute Gasteiger partial charge is 0.464 e. The SMILES string of the molecule is CCNCc1ccc(CSc2cc(C)ccc2C)o1. The lowest BCUT2D eigenvalue weighted by Gasteiger charge is -2.05. The van der Waals surface area contributed by atoms with Gasteiger partial charge in [-0.1, -0.05) is 24.6 Å². The fourth-order valence-corrected chi connectivity index (χ4v) is 2.87. The Morgan fingerprint density at radius 3 is 2.68 bits per heavy atom. The van der Waals surface area contributed by atoms with Crippen LogP contribution in [0.5, 0.6) is 0 Å². The normalized spacial score (nSPS) is 10.9. The molecule has 0 aliphatic heterocycles. The second kappa shape index (κ2) is 6.83. The van der Waals surface area contributed by atoms with Crippen molar-refractivity contribution >= 4 is 11.8 Å². The topological polar surface area (TPSA) is 25.2 Å². The van der Waals surface area contributed by atoms with Crippen molar-refractivity contribution in [3.05, 3.63) is 53.0 Å². The Labute approximate surface area is 119 Å². The van der Waals surface area contributed by atoms with Gasteiger partial charge in [0.1, 0.15) is 11.5 Å². The van der Waals surface area contributed by atoms with Gasteiger partial charge in [-0.05, 0) is 44.2 Å². The molecule has 0 amide bonds. The third kappa shape index (κ3) is 4.15. The Kier molecular flexibility index (Phi) is 5.11. The van der Waals surface area contributed by atoms with Crippen LogP contribution in [0.1, 0.15) is 29.6 Å². The highest BCUT2D eigenvalue weighted by Gasteiger charge is 2.04. The average Bonchev–Trinajstić information content (AvgIpc) is 2.85. The van der Waals surface area contributed by atoms with Gasteiger partial charge < -0.3 is 9.73 Å². The number of aryl methyl sites for hydroxylation is 2. The molecule has 0 spiro atoms. The standard InChI is InChI=1S/C16H21NOS/c1-4-17-10-14-7-8-15(18-14)11-19-16-9-12(2)5-6-13(16)3/h5-9,17H,4,10-11H2,1-3H3. The Balaban J connectivity index is 1.94. The van der Waals surface area contributed by atoms with Crippen LogP contribution in [0, 0.1) is 13.8 Å². The van der Waals surface area contributed by atoms with Gasteiger partial charge in [0.05, 0.1) is 12.3 Å². The predicted octanol–water partition coefficient (Wildman–Crippen LogP) is 4.30. The molecule has 0 aliphatic carbocycles. The molecule has 2 aromatic rings. The van der Waals surface area contributed by atoms with Crippen LogP contribution in [0.25, 0.3) is 0 Å². The van der Waals surface area contributed by atoms with Crippen molar-refractivity contribution in [2.45, 2.75) is 38.0 Å². The van der Waals surface area contributed by atoms with Crippen LogP contribution in [0.15, 0.2) is 39.6 Å². The van der Waals surface area contributed by atoms with Crippen LogP contribution < -0.4 is 5.32 Å². The van der Waals surface area contributed by atoms with Gasteiger partial charge >= 0.3 is 0 Å². The summed E-state index contributed by atoms with van der Waals surface area (Å²) in [6.45, 7) is 8.16. The molecule has 0 saturated heterocycles. The molecule has 0 atom stereocenters.